The number of fused-ring (bicyclic) bond motifs is 1. The lowest BCUT2D eigenvalue weighted by molar-refractivity contribution is 0.0448. The Hall–Kier alpha value is -1.86. The number of nitrogens with zero attached hydrogens (tertiary/aromatic N) is 3. The summed E-state index contributed by atoms with van der Waals surface area (Å²) in [6.07, 6.45) is 2.55. The maximum atomic E-state index is 9.44. The molecule has 0 aliphatic heterocycles. The average molecular weight is 227 g/mol. The molecule has 0 spiro atoms. The molecule has 1 aromatic heterocycles. The van der Waals surface area contributed by atoms with Crippen LogP contribution in [0.15, 0.2) is 24.4 Å². The summed E-state index contributed by atoms with van der Waals surface area (Å²) in [6, 6.07) is 8.32. The summed E-state index contributed by atoms with van der Waals surface area (Å²) in [4.78, 5) is 0. The minimum Gasteiger partial charge on any atom is -0.393 e. The van der Waals surface area contributed by atoms with E-state index in [9.17, 15) is 10.4 Å². The summed E-state index contributed by atoms with van der Waals surface area (Å²) in [5.41, 5.74) is 1.51. The van der Waals surface area contributed by atoms with Gasteiger partial charge in [0.15, 0.2) is 0 Å². The standard InChI is InChI=1S/C13H13N3O/c1-16-12-4-10(3-2-9(12)7-15-16)13(8-14)5-11(17)6-13/h2-4,7,11,17H,5-6H2,1H3. The van der Waals surface area contributed by atoms with Crippen molar-refractivity contribution in [1.82, 2.24) is 9.78 Å². The van der Waals surface area contributed by atoms with E-state index in [1.165, 1.54) is 0 Å². The van der Waals surface area contributed by atoms with E-state index < -0.39 is 5.41 Å². The van der Waals surface area contributed by atoms with Gasteiger partial charge in [0.25, 0.3) is 0 Å². The minimum absolute atomic E-state index is 0.336. The summed E-state index contributed by atoms with van der Waals surface area (Å²) in [7, 11) is 1.89. The third-order valence-electron chi connectivity index (χ3n) is 3.68. The zero-order chi connectivity index (χ0) is 12.0. The molecule has 1 N–H and O–H groups in total. The molecule has 4 nitrogen and oxygen atoms in total. The van der Waals surface area contributed by atoms with Gasteiger partial charge < -0.3 is 5.11 Å². The van der Waals surface area contributed by atoms with E-state index in [-0.39, 0.29) is 6.10 Å². The molecule has 0 radical (unpaired) electrons. The molecule has 3 rings (SSSR count). The van der Waals surface area contributed by atoms with E-state index in [0.717, 1.165) is 16.5 Å². The van der Waals surface area contributed by atoms with Crippen molar-refractivity contribution in [3.63, 3.8) is 0 Å². The van der Waals surface area contributed by atoms with E-state index in [4.69, 9.17) is 0 Å². The summed E-state index contributed by atoms with van der Waals surface area (Å²) >= 11 is 0. The Kier molecular flexibility index (Phi) is 2.01. The Morgan fingerprint density at radius 2 is 2.29 bits per heavy atom. The molecule has 0 atom stereocenters. The highest BCUT2D eigenvalue weighted by molar-refractivity contribution is 5.79. The van der Waals surface area contributed by atoms with Crippen LogP contribution in [-0.4, -0.2) is 21.0 Å². The molecule has 1 aliphatic rings. The number of aliphatic hydroxyl groups excluding tert-OH is 1. The fourth-order valence-corrected chi connectivity index (χ4v) is 2.58. The highest BCUT2D eigenvalue weighted by atomic mass is 16.3. The van der Waals surface area contributed by atoms with Crippen molar-refractivity contribution in [2.45, 2.75) is 24.4 Å². The Balaban J connectivity index is 2.12. The lowest BCUT2D eigenvalue weighted by atomic mass is 9.64. The van der Waals surface area contributed by atoms with Crippen LogP contribution in [0.1, 0.15) is 18.4 Å². The zero-order valence-electron chi connectivity index (χ0n) is 9.59. The van der Waals surface area contributed by atoms with Gasteiger partial charge in [-0.2, -0.15) is 10.4 Å². The molecule has 1 aliphatic carbocycles. The maximum Gasteiger partial charge on any atom is 0.0872 e. The van der Waals surface area contributed by atoms with E-state index in [1.807, 2.05) is 31.4 Å². The molecular weight excluding hydrogens is 214 g/mol. The highest BCUT2D eigenvalue weighted by Crippen LogP contribution is 2.43. The van der Waals surface area contributed by atoms with Crippen molar-refractivity contribution in [3.05, 3.63) is 30.0 Å². The van der Waals surface area contributed by atoms with Crippen LogP contribution in [0.25, 0.3) is 10.9 Å². The minimum atomic E-state index is -0.502. The first-order valence-electron chi connectivity index (χ1n) is 5.66. The number of hydrogen-bond donors (Lipinski definition) is 1. The van der Waals surface area contributed by atoms with Gasteiger partial charge in [0.2, 0.25) is 0 Å². The second-order valence-corrected chi connectivity index (χ2v) is 4.80. The van der Waals surface area contributed by atoms with Crippen LogP contribution in [0, 0.1) is 11.3 Å². The van der Waals surface area contributed by atoms with Crippen LogP contribution in [0.4, 0.5) is 0 Å². The molecule has 1 saturated carbocycles. The van der Waals surface area contributed by atoms with Gasteiger partial charge in [-0.05, 0) is 24.5 Å². The lowest BCUT2D eigenvalue weighted by Gasteiger charge is -2.40. The Labute approximate surface area is 99.1 Å². The zero-order valence-corrected chi connectivity index (χ0v) is 9.59. The quantitative estimate of drug-likeness (QED) is 0.802. The van der Waals surface area contributed by atoms with E-state index in [1.54, 1.807) is 4.68 Å². The fraction of sp³-hybridized carbons (Fsp3) is 0.385. The third-order valence-corrected chi connectivity index (χ3v) is 3.68. The van der Waals surface area contributed by atoms with Gasteiger partial charge in [-0.25, -0.2) is 0 Å². The summed E-state index contributed by atoms with van der Waals surface area (Å²) in [6.45, 7) is 0. The van der Waals surface area contributed by atoms with Gasteiger partial charge >= 0.3 is 0 Å². The number of nitriles is 1. The van der Waals surface area contributed by atoms with Gasteiger partial charge in [0.05, 0.1) is 29.3 Å². The van der Waals surface area contributed by atoms with E-state index in [2.05, 4.69) is 11.2 Å². The second-order valence-electron chi connectivity index (χ2n) is 4.80. The number of aliphatic hydroxyl groups is 1. The molecule has 17 heavy (non-hydrogen) atoms. The van der Waals surface area contributed by atoms with E-state index in [0.29, 0.717) is 12.8 Å². The van der Waals surface area contributed by atoms with Crippen LogP contribution in [0.2, 0.25) is 0 Å². The fourth-order valence-electron chi connectivity index (χ4n) is 2.58. The highest BCUT2D eigenvalue weighted by Gasteiger charge is 2.45. The van der Waals surface area contributed by atoms with Crippen molar-refractivity contribution in [2.24, 2.45) is 7.05 Å². The van der Waals surface area contributed by atoms with Gasteiger partial charge in [0.1, 0.15) is 0 Å². The Bertz CT molecular complexity index is 617. The second kappa shape index (κ2) is 3.31. The van der Waals surface area contributed by atoms with Crippen molar-refractivity contribution in [1.29, 1.82) is 5.26 Å². The van der Waals surface area contributed by atoms with Gasteiger partial charge in [-0.15, -0.1) is 0 Å². The van der Waals surface area contributed by atoms with Crippen molar-refractivity contribution in [2.75, 3.05) is 0 Å². The molecular formula is C13H13N3O. The molecule has 2 aromatic rings. The largest absolute Gasteiger partial charge is 0.393 e. The lowest BCUT2D eigenvalue weighted by Crippen LogP contribution is -2.43. The SMILES string of the molecule is Cn1ncc2ccc(C3(C#N)CC(O)C3)cc21. The molecule has 0 bridgehead atoms. The average Bonchev–Trinajstić information content (AvgIpc) is 2.66. The predicted molar refractivity (Wildman–Crippen MR) is 63.2 cm³/mol. The van der Waals surface area contributed by atoms with Gasteiger partial charge in [-0.3, -0.25) is 4.68 Å². The molecule has 0 amide bonds. The summed E-state index contributed by atoms with van der Waals surface area (Å²) in [5, 5.41) is 24.0. The normalized spacial score (nSPS) is 27.7. The monoisotopic (exact) mass is 227 g/mol. The Morgan fingerprint density at radius 1 is 1.53 bits per heavy atom. The van der Waals surface area contributed by atoms with Crippen LogP contribution >= 0.6 is 0 Å². The Morgan fingerprint density at radius 3 is 2.94 bits per heavy atom. The van der Waals surface area contributed by atoms with E-state index >= 15 is 0 Å². The number of hydrogen-bond acceptors (Lipinski definition) is 3. The molecule has 0 saturated heterocycles. The van der Waals surface area contributed by atoms with Gasteiger partial charge in [-0.1, -0.05) is 12.1 Å². The van der Waals surface area contributed by atoms with Crippen LogP contribution in [-0.2, 0) is 12.5 Å². The predicted octanol–water partition coefficient (Wildman–Crippen LogP) is 1.49. The van der Waals surface area contributed by atoms with Crippen molar-refractivity contribution < 1.29 is 5.11 Å². The summed E-state index contributed by atoms with van der Waals surface area (Å²) < 4.78 is 1.80. The molecule has 4 heteroatoms. The number of rotatable bonds is 1. The first-order chi connectivity index (χ1) is 8.14. The first-order valence-corrected chi connectivity index (χ1v) is 5.66. The third kappa shape index (κ3) is 1.36. The molecule has 1 heterocycles. The summed E-state index contributed by atoms with van der Waals surface area (Å²) in [5.74, 6) is 0. The van der Waals surface area contributed by atoms with Crippen LogP contribution in [0.5, 0.6) is 0 Å². The smallest absolute Gasteiger partial charge is 0.0872 e. The number of aryl methyl sites for hydroxylation is 1. The topological polar surface area (TPSA) is 61.8 Å². The molecule has 1 aromatic carbocycles. The number of benzene rings is 1. The van der Waals surface area contributed by atoms with Crippen molar-refractivity contribution in [3.8, 4) is 6.07 Å². The van der Waals surface area contributed by atoms with Gasteiger partial charge in [0, 0.05) is 12.4 Å². The van der Waals surface area contributed by atoms with Crippen molar-refractivity contribution >= 4 is 10.9 Å². The molecule has 0 unspecified atom stereocenters. The van der Waals surface area contributed by atoms with Crippen LogP contribution < -0.4 is 0 Å². The van der Waals surface area contributed by atoms with Crippen LogP contribution in [0.3, 0.4) is 0 Å². The molecule has 86 valence electrons. The molecule has 1 fully saturated rings. The number of aromatic nitrogens is 2. The first kappa shape index (κ1) is 10.3. The maximum absolute atomic E-state index is 9.44.